The fourth-order valence-electron chi connectivity index (χ4n) is 0.961. The highest BCUT2D eigenvalue weighted by atomic mass is 15.4. The van der Waals surface area contributed by atoms with Crippen molar-refractivity contribution < 1.29 is 0 Å². The van der Waals surface area contributed by atoms with Gasteiger partial charge in [0.1, 0.15) is 0 Å². The van der Waals surface area contributed by atoms with Gasteiger partial charge in [0, 0.05) is 12.4 Å². The predicted octanol–water partition coefficient (Wildman–Crippen LogP) is 4.97. The van der Waals surface area contributed by atoms with E-state index in [9.17, 15) is 0 Å². The molecule has 0 fully saturated rings. The Morgan fingerprint density at radius 3 is 2.12 bits per heavy atom. The Morgan fingerprint density at radius 2 is 1.82 bits per heavy atom. The lowest BCUT2D eigenvalue weighted by atomic mass is 10.3. The van der Waals surface area contributed by atoms with Crippen LogP contribution in [0, 0.1) is 5.92 Å². The molecule has 0 aliphatic rings. The van der Waals surface area contributed by atoms with Crippen molar-refractivity contribution in [1.29, 1.82) is 0 Å². The number of rotatable bonds is 5. The van der Waals surface area contributed by atoms with E-state index in [1.165, 1.54) is 0 Å². The van der Waals surface area contributed by atoms with E-state index in [0.717, 1.165) is 18.0 Å². The van der Waals surface area contributed by atoms with Crippen molar-refractivity contribution >= 4 is 6.21 Å². The SMILES string of the molecule is C=CN(/N=C\C)C(/C=C\C)=C\CC.CC(C)C. The fraction of sp³-hybridized carbons (Fsp3) is 0.533. The smallest absolute Gasteiger partial charge is 0.0601 e. The first-order chi connectivity index (χ1) is 8.03. The minimum Gasteiger partial charge on any atom is -0.242 e. The van der Waals surface area contributed by atoms with Gasteiger partial charge in [0.2, 0.25) is 0 Å². The zero-order valence-electron chi connectivity index (χ0n) is 12.3. The van der Waals surface area contributed by atoms with Gasteiger partial charge >= 0.3 is 0 Å². The van der Waals surface area contributed by atoms with Crippen LogP contribution in [-0.4, -0.2) is 11.2 Å². The molecule has 0 atom stereocenters. The first-order valence-electron chi connectivity index (χ1n) is 6.26. The zero-order chi connectivity index (χ0) is 13.7. The predicted molar refractivity (Wildman–Crippen MR) is 79.9 cm³/mol. The first-order valence-corrected chi connectivity index (χ1v) is 6.26. The van der Waals surface area contributed by atoms with Crippen LogP contribution in [0.25, 0.3) is 0 Å². The third-order valence-electron chi connectivity index (χ3n) is 1.43. The highest BCUT2D eigenvalue weighted by Crippen LogP contribution is 2.08. The van der Waals surface area contributed by atoms with Gasteiger partial charge < -0.3 is 0 Å². The molecule has 0 unspecified atom stereocenters. The molecule has 0 aromatic heterocycles. The van der Waals surface area contributed by atoms with Crippen molar-refractivity contribution in [3.63, 3.8) is 0 Å². The van der Waals surface area contributed by atoms with Crippen LogP contribution in [0.3, 0.4) is 0 Å². The highest BCUT2D eigenvalue weighted by molar-refractivity contribution is 5.53. The molecule has 0 N–H and O–H groups in total. The number of allylic oxidation sites excluding steroid dienone is 3. The van der Waals surface area contributed by atoms with E-state index in [2.05, 4.69) is 45.5 Å². The van der Waals surface area contributed by atoms with Gasteiger partial charge in [-0.1, -0.05) is 46.4 Å². The second-order valence-corrected chi connectivity index (χ2v) is 4.17. The standard InChI is InChI=1S/C11H18N2.C4H10/c1-5-9-11(10-6-2)13(8-4)12-7-3;1-4(2)3/h5,7-10H,4,6H2,1-3H3;4H,1-3H3/b9-5-,11-10-,12-7-;. The minimum atomic E-state index is 0.833. The Balaban J connectivity index is 0. The van der Waals surface area contributed by atoms with Gasteiger partial charge in [0.05, 0.1) is 5.70 Å². The van der Waals surface area contributed by atoms with Crippen molar-refractivity contribution in [3.8, 4) is 0 Å². The Labute approximate surface area is 107 Å². The molecule has 0 amide bonds. The third kappa shape index (κ3) is 12.6. The maximum absolute atomic E-state index is 4.15. The minimum absolute atomic E-state index is 0.833. The molecule has 0 saturated heterocycles. The van der Waals surface area contributed by atoms with Crippen LogP contribution in [0.5, 0.6) is 0 Å². The molecule has 0 aromatic carbocycles. The molecule has 2 heteroatoms. The van der Waals surface area contributed by atoms with Crippen LogP contribution in [0.2, 0.25) is 0 Å². The van der Waals surface area contributed by atoms with Gasteiger partial charge in [-0.25, -0.2) is 5.01 Å². The average Bonchev–Trinajstić information content (AvgIpc) is 2.25. The number of hydrazone groups is 1. The van der Waals surface area contributed by atoms with Crippen molar-refractivity contribution in [3.05, 3.63) is 36.7 Å². The lowest BCUT2D eigenvalue weighted by molar-refractivity contribution is 0.515. The number of hydrogen-bond acceptors (Lipinski definition) is 2. The Kier molecular flexibility index (Phi) is 13.6. The zero-order valence-corrected chi connectivity index (χ0v) is 12.3. The summed E-state index contributed by atoms with van der Waals surface area (Å²) in [6.07, 6.45) is 10.5. The Hall–Kier alpha value is -1.31. The maximum atomic E-state index is 4.15. The Morgan fingerprint density at radius 1 is 1.29 bits per heavy atom. The van der Waals surface area contributed by atoms with Gasteiger partial charge in [-0.15, -0.1) is 0 Å². The average molecular weight is 236 g/mol. The second-order valence-electron chi connectivity index (χ2n) is 4.17. The van der Waals surface area contributed by atoms with E-state index in [-0.39, 0.29) is 0 Å². The van der Waals surface area contributed by atoms with E-state index in [4.69, 9.17) is 0 Å². The summed E-state index contributed by atoms with van der Waals surface area (Å²) in [6.45, 7) is 16.2. The van der Waals surface area contributed by atoms with Crippen LogP contribution < -0.4 is 0 Å². The van der Waals surface area contributed by atoms with Crippen LogP contribution in [0.4, 0.5) is 0 Å². The molecule has 0 aliphatic carbocycles. The molecule has 98 valence electrons. The molecule has 0 aliphatic heterocycles. The molecule has 0 bridgehead atoms. The quantitative estimate of drug-likeness (QED) is 0.374. The van der Waals surface area contributed by atoms with Crippen molar-refractivity contribution in [2.75, 3.05) is 0 Å². The van der Waals surface area contributed by atoms with Gasteiger partial charge in [-0.2, -0.15) is 5.10 Å². The summed E-state index contributed by atoms with van der Waals surface area (Å²) >= 11 is 0. The molecule has 17 heavy (non-hydrogen) atoms. The lowest BCUT2D eigenvalue weighted by Crippen LogP contribution is -2.06. The molecule has 0 radical (unpaired) electrons. The summed E-state index contributed by atoms with van der Waals surface area (Å²) in [5.74, 6) is 0.833. The Bertz CT molecular complexity index is 257. The molecular weight excluding hydrogens is 208 g/mol. The topological polar surface area (TPSA) is 15.6 Å². The second kappa shape index (κ2) is 12.8. The van der Waals surface area contributed by atoms with Crippen LogP contribution in [-0.2, 0) is 0 Å². The largest absolute Gasteiger partial charge is 0.242 e. The van der Waals surface area contributed by atoms with Crippen molar-refractivity contribution in [2.45, 2.75) is 48.0 Å². The molecule has 0 spiro atoms. The molecule has 0 heterocycles. The van der Waals surface area contributed by atoms with E-state index >= 15 is 0 Å². The van der Waals surface area contributed by atoms with E-state index in [1.54, 1.807) is 17.4 Å². The van der Waals surface area contributed by atoms with Crippen molar-refractivity contribution in [1.82, 2.24) is 5.01 Å². The third-order valence-corrected chi connectivity index (χ3v) is 1.43. The van der Waals surface area contributed by atoms with Gasteiger partial charge in [-0.3, -0.25) is 0 Å². The number of nitrogens with zero attached hydrogens (tertiary/aromatic N) is 2. The van der Waals surface area contributed by atoms with Crippen LogP contribution in [0.1, 0.15) is 48.0 Å². The normalized spacial score (nSPS) is 11.8. The van der Waals surface area contributed by atoms with Crippen LogP contribution in [0.15, 0.2) is 41.8 Å². The maximum Gasteiger partial charge on any atom is 0.0601 e. The molecule has 0 aromatic rings. The molecular formula is C15H28N2. The van der Waals surface area contributed by atoms with E-state index < -0.39 is 0 Å². The first kappa shape index (κ1) is 18.1. The van der Waals surface area contributed by atoms with E-state index in [0.29, 0.717) is 0 Å². The van der Waals surface area contributed by atoms with Gasteiger partial charge in [0.15, 0.2) is 0 Å². The molecule has 0 saturated carbocycles. The van der Waals surface area contributed by atoms with Crippen LogP contribution >= 0.6 is 0 Å². The highest BCUT2D eigenvalue weighted by Gasteiger charge is 1.97. The van der Waals surface area contributed by atoms with E-state index in [1.807, 2.05) is 26.0 Å². The summed E-state index contributed by atoms with van der Waals surface area (Å²) < 4.78 is 0. The summed E-state index contributed by atoms with van der Waals surface area (Å²) in [6, 6.07) is 0. The summed E-state index contributed by atoms with van der Waals surface area (Å²) in [5, 5.41) is 5.90. The monoisotopic (exact) mass is 236 g/mol. The fourth-order valence-corrected chi connectivity index (χ4v) is 0.961. The molecule has 2 nitrogen and oxygen atoms in total. The van der Waals surface area contributed by atoms with Gasteiger partial charge in [0.25, 0.3) is 0 Å². The summed E-state index contributed by atoms with van der Waals surface area (Å²) in [5.41, 5.74) is 1.05. The summed E-state index contributed by atoms with van der Waals surface area (Å²) in [7, 11) is 0. The van der Waals surface area contributed by atoms with Gasteiger partial charge in [-0.05, 0) is 32.3 Å². The summed E-state index contributed by atoms with van der Waals surface area (Å²) in [4.78, 5) is 0. The van der Waals surface area contributed by atoms with Crippen molar-refractivity contribution in [2.24, 2.45) is 11.0 Å². The molecule has 0 rings (SSSR count). The lowest BCUT2D eigenvalue weighted by Gasteiger charge is -2.14. The number of hydrogen-bond donors (Lipinski definition) is 0.